The van der Waals surface area contributed by atoms with E-state index in [2.05, 4.69) is 20.6 Å². The van der Waals surface area contributed by atoms with Crippen LogP contribution in [-0.4, -0.2) is 16.0 Å². The van der Waals surface area contributed by atoms with Gasteiger partial charge in [-0.15, -0.1) is 0 Å². The van der Waals surface area contributed by atoms with Crippen LogP contribution in [0.25, 0.3) is 0 Å². The van der Waals surface area contributed by atoms with Gasteiger partial charge in [-0.05, 0) is 12.1 Å². The lowest BCUT2D eigenvalue weighted by molar-refractivity contribution is 0.261. The third-order valence-corrected chi connectivity index (χ3v) is 1.79. The van der Waals surface area contributed by atoms with Crippen LogP contribution in [0.5, 0.6) is 0 Å². The number of hydrogen-bond acceptors (Lipinski definition) is 4. The highest BCUT2D eigenvalue weighted by molar-refractivity contribution is 6.29. The fraction of sp³-hybridized carbons (Fsp3) is 0. The SMILES string of the molecule is O=C(Nc1cccnc1)Nc1nc(Cl)co1. The largest absolute Gasteiger partial charge is 0.430 e. The van der Waals surface area contributed by atoms with Gasteiger partial charge in [0.25, 0.3) is 0 Å². The number of carbonyl (C=O) groups is 1. The molecule has 82 valence electrons. The van der Waals surface area contributed by atoms with Crippen LogP contribution in [0.15, 0.2) is 35.2 Å². The minimum absolute atomic E-state index is 0.0337. The van der Waals surface area contributed by atoms with Gasteiger partial charge in [-0.3, -0.25) is 10.3 Å². The lowest BCUT2D eigenvalue weighted by atomic mass is 10.4. The first-order valence-corrected chi connectivity index (χ1v) is 4.71. The van der Waals surface area contributed by atoms with Gasteiger partial charge >= 0.3 is 12.0 Å². The highest BCUT2D eigenvalue weighted by Crippen LogP contribution is 2.12. The highest BCUT2D eigenvalue weighted by Gasteiger charge is 2.06. The van der Waals surface area contributed by atoms with Crippen LogP contribution >= 0.6 is 11.6 Å². The van der Waals surface area contributed by atoms with Gasteiger partial charge < -0.3 is 9.73 Å². The zero-order valence-corrected chi connectivity index (χ0v) is 8.73. The second kappa shape index (κ2) is 4.63. The molecular weight excluding hydrogens is 232 g/mol. The molecule has 2 amide bonds. The predicted octanol–water partition coefficient (Wildman–Crippen LogP) is 2.37. The number of aromatic nitrogens is 2. The minimum Gasteiger partial charge on any atom is -0.430 e. The molecule has 6 nitrogen and oxygen atoms in total. The van der Waals surface area contributed by atoms with E-state index in [0.717, 1.165) is 0 Å². The number of carbonyl (C=O) groups excluding carboxylic acids is 1. The van der Waals surface area contributed by atoms with E-state index >= 15 is 0 Å². The van der Waals surface area contributed by atoms with E-state index in [1.165, 1.54) is 12.5 Å². The normalized spacial score (nSPS) is 9.81. The third-order valence-electron chi connectivity index (χ3n) is 1.62. The molecule has 0 bridgehead atoms. The molecule has 0 aliphatic heterocycles. The van der Waals surface area contributed by atoms with Crippen molar-refractivity contribution < 1.29 is 9.21 Å². The smallest absolute Gasteiger partial charge is 0.327 e. The summed E-state index contributed by atoms with van der Waals surface area (Å²) in [5, 5.41) is 5.09. The molecule has 0 unspecified atom stereocenters. The first-order chi connectivity index (χ1) is 7.74. The van der Waals surface area contributed by atoms with Gasteiger partial charge in [0.05, 0.1) is 11.9 Å². The molecule has 0 radical (unpaired) electrons. The molecule has 2 N–H and O–H groups in total. The van der Waals surface area contributed by atoms with Gasteiger partial charge in [-0.2, -0.15) is 4.98 Å². The fourth-order valence-corrected chi connectivity index (χ4v) is 1.13. The molecule has 2 rings (SSSR count). The summed E-state index contributed by atoms with van der Waals surface area (Å²) in [5.74, 6) is 0. The number of halogens is 1. The van der Waals surface area contributed by atoms with E-state index in [4.69, 9.17) is 16.0 Å². The maximum Gasteiger partial charge on any atom is 0.327 e. The van der Waals surface area contributed by atoms with Crippen LogP contribution in [0.3, 0.4) is 0 Å². The van der Waals surface area contributed by atoms with Crippen LogP contribution in [0, 0.1) is 0 Å². The van der Waals surface area contributed by atoms with Crippen LogP contribution < -0.4 is 10.6 Å². The van der Waals surface area contributed by atoms with Crippen LogP contribution in [-0.2, 0) is 0 Å². The molecule has 0 aliphatic carbocycles. The molecule has 0 spiro atoms. The molecule has 2 aromatic heterocycles. The number of hydrogen-bond donors (Lipinski definition) is 2. The van der Waals surface area contributed by atoms with Gasteiger partial charge in [0.2, 0.25) is 0 Å². The fourth-order valence-electron chi connectivity index (χ4n) is 1.01. The molecule has 0 aromatic carbocycles. The quantitative estimate of drug-likeness (QED) is 0.842. The first kappa shape index (κ1) is 10.4. The molecule has 2 heterocycles. The number of nitrogens with zero attached hydrogens (tertiary/aromatic N) is 2. The zero-order valence-electron chi connectivity index (χ0n) is 7.98. The van der Waals surface area contributed by atoms with Crippen LogP contribution in [0.1, 0.15) is 0 Å². The maximum atomic E-state index is 11.4. The molecule has 0 saturated carbocycles. The number of oxazole rings is 1. The Hall–Kier alpha value is -2.08. The van der Waals surface area contributed by atoms with Gasteiger partial charge in [0, 0.05) is 6.20 Å². The highest BCUT2D eigenvalue weighted by atomic mass is 35.5. The molecule has 7 heteroatoms. The van der Waals surface area contributed by atoms with Gasteiger partial charge in [0.15, 0.2) is 5.15 Å². The number of amides is 2. The molecule has 2 aromatic rings. The topological polar surface area (TPSA) is 80.0 Å². The summed E-state index contributed by atoms with van der Waals surface area (Å²) in [6.07, 6.45) is 4.35. The second-order valence-corrected chi connectivity index (χ2v) is 3.18. The summed E-state index contributed by atoms with van der Waals surface area (Å²) in [7, 11) is 0. The molecule has 0 fully saturated rings. The van der Waals surface area contributed by atoms with Crippen molar-refractivity contribution >= 4 is 29.3 Å². The maximum absolute atomic E-state index is 11.4. The Bertz CT molecular complexity index is 485. The van der Waals surface area contributed by atoms with Crippen molar-refractivity contribution in [2.24, 2.45) is 0 Å². The Kier molecular flexibility index (Phi) is 3.02. The molecule has 0 aliphatic rings. The van der Waals surface area contributed by atoms with Crippen molar-refractivity contribution in [2.75, 3.05) is 10.6 Å². The minimum atomic E-state index is -0.480. The van der Waals surface area contributed by atoms with Crippen molar-refractivity contribution in [1.29, 1.82) is 0 Å². The lowest BCUT2D eigenvalue weighted by Gasteiger charge is -2.03. The van der Waals surface area contributed by atoms with E-state index in [-0.39, 0.29) is 11.2 Å². The van der Waals surface area contributed by atoms with E-state index in [1.54, 1.807) is 18.3 Å². The Morgan fingerprint density at radius 3 is 2.94 bits per heavy atom. The monoisotopic (exact) mass is 238 g/mol. The second-order valence-electron chi connectivity index (χ2n) is 2.80. The molecular formula is C9H7ClN4O2. The van der Waals surface area contributed by atoms with E-state index in [1.807, 2.05) is 0 Å². The number of anilines is 2. The molecule has 0 atom stereocenters. The Morgan fingerprint density at radius 2 is 2.31 bits per heavy atom. The van der Waals surface area contributed by atoms with E-state index < -0.39 is 6.03 Å². The van der Waals surface area contributed by atoms with Crippen molar-refractivity contribution in [3.63, 3.8) is 0 Å². The van der Waals surface area contributed by atoms with Crippen molar-refractivity contribution in [1.82, 2.24) is 9.97 Å². The van der Waals surface area contributed by atoms with Crippen LogP contribution in [0.2, 0.25) is 5.15 Å². The summed E-state index contributed by atoms with van der Waals surface area (Å²) in [5.41, 5.74) is 0.567. The summed E-state index contributed by atoms with van der Waals surface area (Å²) in [6.45, 7) is 0. The summed E-state index contributed by atoms with van der Waals surface area (Å²) < 4.78 is 4.84. The van der Waals surface area contributed by atoms with Crippen LogP contribution in [0.4, 0.5) is 16.5 Å². The standard InChI is InChI=1S/C9H7ClN4O2/c10-7-5-16-9(13-7)14-8(15)12-6-2-1-3-11-4-6/h1-5H,(H2,12,13,14,15). The average Bonchev–Trinajstić information content (AvgIpc) is 2.65. The van der Waals surface area contributed by atoms with Crippen molar-refractivity contribution in [3.8, 4) is 0 Å². The third kappa shape index (κ3) is 2.71. The van der Waals surface area contributed by atoms with Crippen molar-refractivity contribution in [2.45, 2.75) is 0 Å². The van der Waals surface area contributed by atoms with Gasteiger partial charge in [-0.25, -0.2) is 4.79 Å². The number of pyridine rings is 1. The van der Waals surface area contributed by atoms with Gasteiger partial charge in [-0.1, -0.05) is 11.6 Å². The zero-order chi connectivity index (χ0) is 11.4. The number of urea groups is 1. The number of nitrogens with one attached hydrogen (secondary N) is 2. The molecule has 16 heavy (non-hydrogen) atoms. The van der Waals surface area contributed by atoms with E-state index in [9.17, 15) is 4.79 Å². The Labute approximate surface area is 95.7 Å². The summed E-state index contributed by atoms with van der Waals surface area (Å²) >= 11 is 5.52. The molecule has 0 saturated heterocycles. The Morgan fingerprint density at radius 1 is 1.44 bits per heavy atom. The predicted molar refractivity (Wildman–Crippen MR) is 58.4 cm³/mol. The van der Waals surface area contributed by atoms with Gasteiger partial charge in [0.1, 0.15) is 6.26 Å². The first-order valence-electron chi connectivity index (χ1n) is 4.33. The lowest BCUT2D eigenvalue weighted by Crippen LogP contribution is -2.19. The Balaban J connectivity index is 1.95. The average molecular weight is 239 g/mol. The number of rotatable bonds is 2. The summed E-state index contributed by atoms with van der Waals surface area (Å²) in [6, 6.07) is 2.96. The van der Waals surface area contributed by atoms with Crippen molar-refractivity contribution in [3.05, 3.63) is 35.9 Å². The summed E-state index contributed by atoms with van der Waals surface area (Å²) in [4.78, 5) is 18.9. The van der Waals surface area contributed by atoms with E-state index in [0.29, 0.717) is 5.69 Å².